The third kappa shape index (κ3) is 2.21. The highest BCUT2D eigenvalue weighted by Crippen LogP contribution is 2.50. The van der Waals surface area contributed by atoms with Gasteiger partial charge in [-0.1, -0.05) is 6.42 Å². The van der Waals surface area contributed by atoms with Gasteiger partial charge in [-0.25, -0.2) is 9.97 Å². The van der Waals surface area contributed by atoms with Gasteiger partial charge in [0.2, 0.25) is 0 Å². The van der Waals surface area contributed by atoms with Crippen LogP contribution in [0.25, 0.3) is 0 Å². The molecule has 4 unspecified atom stereocenters. The van der Waals surface area contributed by atoms with Crippen LogP contribution < -0.4 is 5.32 Å². The van der Waals surface area contributed by atoms with Crippen LogP contribution >= 0.6 is 0 Å². The van der Waals surface area contributed by atoms with Gasteiger partial charge in [0.1, 0.15) is 6.33 Å². The minimum absolute atomic E-state index is 0.405. The Labute approximate surface area is 103 Å². The number of nitrogens with zero attached hydrogens (tertiary/aromatic N) is 2. The molecule has 0 radical (unpaired) electrons. The smallest absolute Gasteiger partial charge is 0.115 e. The Kier molecular flexibility index (Phi) is 3.10. The second-order valence-electron chi connectivity index (χ2n) is 5.65. The highest BCUT2D eigenvalue weighted by atomic mass is 14.9. The number of nitrogens with one attached hydrogen (secondary N) is 1. The van der Waals surface area contributed by atoms with Crippen LogP contribution in [0.4, 0.5) is 0 Å². The summed E-state index contributed by atoms with van der Waals surface area (Å²) in [6.45, 7) is 0. The van der Waals surface area contributed by atoms with E-state index in [2.05, 4.69) is 15.3 Å². The second kappa shape index (κ2) is 4.73. The normalized spacial score (nSPS) is 32.9. The third-order valence-corrected chi connectivity index (χ3v) is 4.73. The molecule has 2 bridgehead atoms. The highest BCUT2D eigenvalue weighted by Gasteiger charge is 2.40. The number of rotatable bonds is 4. The maximum atomic E-state index is 4.38. The Morgan fingerprint density at radius 1 is 1.41 bits per heavy atom. The maximum absolute atomic E-state index is 4.38. The molecule has 0 spiro atoms. The van der Waals surface area contributed by atoms with Gasteiger partial charge in [0.05, 0.1) is 5.69 Å². The summed E-state index contributed by atoms with van der Waals surface area (Å²) in [7, 11) is 2.04. The van der Waals surface area contributed by atoms with Crippen LogP contribution in [0.15, 0.2) is 18.6 Å². The minimum Gasteiger partial charge on any atom is -0.312 e. The zero-order chi connectivity index (χ0) is 11.7. The highest BCUT2D eigenvalue weighted by molar-refractivity contribution is 5.06. The first-order valence-corrected chi connectivity index (χ1v) is 6.80. The van der Waals surface area contributed by atoms with E-state index in [0.29, 0.717) is 6.04 Å². The lowest BCUT2D eigenvalue weighted by molar-refractivity contribution is 0.282. The largest absolute Gasteiger partial charge is 0.312 e. The average molecular weight is 231 g/mol. The van der Waals surface area contributed by atoms with Crippen molar-refractivity contribution in [2.45, 2.75) is 38.1 Å². The van der Waals surface area contributed by atoms with E-state index in [1.165, 1.54) is 32.1 Å². The first-order chi connectivity index (χ1) is 8.36. The molecule has 3 heteroatoms. The van der Waals surface area contributed by atoms with Crippen LogP contribution in [0.5, 0.6) is 0 Å². The molecule has 17 heavy (non-hydrogen) atoms. The second-order valence-corrected chi connectivity index (χ2v) is 5.65. The summed E-state index contributed by atoms with van der Waals surface area (Å²) in [5.74, 6) is 2.95. The van der Waals surface area contributed by atoms with Gasteiger partial charge in [-0.3, -0.25) is 0 Å². The monoisotopic (exact) mass is 231 g/mol. The predicted molar refractivity (Wildman–Crippen MR) is 67.4 cm³/mol. The SMILES string of the molecule is CNC(CC1CC2CCC1C2)c1ccncn1. The topological polar surface area (TPSA) is 37.8 Å². The summed E-state index contributed by atoms with van der Waals surface area (Å²) in [6.07, 6.45) is 10.6. The van der Waals surface area contributed by atoms with Gasteiger partial charge in [0.25, 0.3) is 0 Å². The average Bonchev–Trinajstić information content (AvgIpc) is 2.99. The lowest BCUT2D eigenvalue weighted by atomic mass is 9.83. The molecule has 2 fully saturated rings. The minimum atomic E-state index is 0.405. The molecular weight excluding hydrogens is 210 g/mol. The number of fused-ring (bicyclic) bond motifs is 2. The van der Waals surface area contributed by atoms with Crippen molar-refractivity contribution >= 4 is 0 Å². The molecule has 0 amide bonds. The molecule has 1 aromatic heterocycles. The molecule has 3 nitrogen and oxygen atoms in total. The molecule has 92 valence electrons. The zero-order valence-electron chi connectivity index (χ0n) is 10.5. The number of aromatic nitrogens is 2. The molecule has 1 N–H and O–H groups in total. The summed E-state index contributed by atoms with van der Waals surface area (Å²) in [6, 6.07) is 2.44. The van der Waals surface area contributed by atoms with Crippen molar-refractivity contribution in [2.24, 2.45) is 17.8 Å². The van der Waals surface area contributed by atoms with Crippen LogP contribution in [-0.2, 0) is 0 Å². The molecule has 4 atom stereocenters. The summed E-state index contributed by atoms with van der Waals surface area (Å²) in [5.41, 5.74) is 1.14. The Morgan fingerprint density at radius 2 is 2.35 bits per heavy atom. The van der Waals surface area contributed by atoms with E-state index in [0.717, 1.165) is 23.4 Å². The quantitative estimate of drug-likeness (QED) is 0.865. The van der Waals surface area contributed by atoms with Crippen LogP contribution in [0.2, 0.25) is 0 Å². The van der Waals surface area contributed by atoms with Crippen molar-refractivity contribution in [1.82, 2.24) is 15.3 Å². The molecule has 3 rings (SSSR count). The van der Waals surface area contributed by atoms with Crippen molar-refractivity contribution in [2.75, 3.05) is 7.05 Å². The van der Waals surface area contributed by atoms with Crippen LogP contribution in [0, 0.1) is 17.8 Å². The lowest BCUT2D eigenvalue weighted by Crippen LogP contribution is -2.23. The van der Waals surface area contributed by atoms with Gasteiger partial charge in [-0.15, -0.1) is 0 Å². The fraction of sp³-hybridized carbons (Fsp3) is 0.714. The van der Waals surface area contributed by atoms with Crippen molar-refractivity contribution in [3.05, 3.63) is 24.3 Å². The Bertz CT molecular complexity index is 365. The molecule has 2 aliphatic carbocycles. The zero-order valence-corrected chi connectivity index (χ0v) is 10.5. The maximum Gasteiger partial charge on any atom is 0.115 e. The first-order valence-electron chi connectivity index (χ1n) is 6.80. The fourth-order valence-corrected chi connectivity index (χ4v) is 3.86. The standard InChI is InChI=1S/C14H21N3/c1-15-14(13-4-5-16-9-17-13)8-12-7-10-2-3-11(12)6-10/h4-5,9-12,14-15H,2-3,6-8H2,1H3. The molecule has 0 aliphatic heterocycles. The van der Waals surface area contributed by atoms with E-state index >= 15 is 0 Å². The van der Waals surface area contributed by atoms with Crippen LogP contribution in [-0.4, -0.2) is 17.0 Å². The molecule has 0 saturated heterocycles. The van der Waals surface area contributed by atoms with Crippen molar-refractivity contribution in [3.63, 3.8) is 0 Å². The summed E-state index contributed by atoms with van der Waals surface area (Å²) in [5, 5.41) is 3.41. The predicted octanol–water partition coefficient (Wildman–Crippen LogP) is 2.56. The van der Waals surface area contributed by atoms with Crippen LogP contribution in [0.1, 0.15) is 43.8 Å². The van der Waals surface area contributed by atoms with E-state index in [1.54, 1.807) is 6.33 Å². The van der Waals surface area contributed by atoms with Gasteiger partial charge >= 0.3 is 0 Å². The van der Waals surface area contributed by atoms with Gasteiger partial charge < -0.3 is 5.32 Å². The first kappa shape index (κ1) is 11.1. The fourth-order valence-electron chi connectivity index (χ4n) is 3.86. The van der Waals surface area contributed by atoms with Crippen LogP contribution in [0.3, 0.4) is 0 Å². The number of hydrogen-bond donors (Lipinski definition) is 1. The third-order valence-electron chi connectivity index (χ3n) is 4.73. The Morgan fingerprint density at radius 3 is 2.94 bits per heavy atom. The van der Waals surface area contributed by atoms with Gasteiger partial charge in [-0.2, -0.15) is 0 Å². The van der Waals surface area contributed by atoms with E-state index in [4.69, 9.17) is 0 Å². The van der Waals surface area contributed by atoms with E-state index < -0.39 is 0 Å². The molecular formula is C14H21N3. The number of hydrogen-bond acceptors (Lipinski definition) is 3. The van der Waals surface area contributed by atoms with Crippen molar-refractivity contribution < 1.29 is 0 Å². The Balaban J connectivity index is 1.67. The summed E-state index contributed by atoms with van der Waals surface area (Å²) < 4.78 is 0. The van der Waals surface area contributed by atoms with Gasteiger partial charge in [0, 0.05) is 12.2 Å². The molecule has 1 aromatic rings. The summed E-state index contributed by atoms with van der Waals surface area (Å²) >= 11 is 0. The lowest BCUT2D eigenvalue weighted by Gasteiger charge is -2.26. The van der Waals surface area contributed by atoms with E-state index in [-0.39, 0.29) is 0 Å². The molecule has 0 aromatic carbocycles. The molecule has 2 saturated carbocycles. The summed E-state index contributed by atoms with van der Waals surface area (Å²) in [4.78, 5) is 8.37. The molecule has 1 heterocycles. The Hall–Kier alpha value is -0.960. The van der Waals surface area contributed by atoms with E-state index in [9.17, 15) is 0 Å². The van der Waals surface area contributed by atoms with Gasteiger partial charge in [-0.05, 0) is 56.6 Å². The molecule has 2 aliphatic rings. The van der Waals surface area contributed by atoms with Crippen molar-refractivity contribution in [3.8, 4) is 0 Å². The van der Waals surface area contributed by atoms with Gasteiger partial charge in [0.15, 0.2) is 0 Å². The van der Waals surface area contributed by atoms with E-state index in [1.807, 2.05) is 19.3 Å². The van der Waals surface area contributed by atoms with Crippen molar-refractivity contribution in [1.29, 1.82) is 0 Å².